The molecule has 0 aliphatic carbocycles. The molecule has 1 aliphatic rings. The summed E-state index contributed by atoms with van der Waals surface area (Å²) >= 11 is 0. The lowest BCUT2D eigenvalue weighted by molar-refractivity contribution is -0.140. The maximum atomic E-state index is 12.3. The number of hydrogen-bond acceptors (Lipinski definition) is 3. The van der Waals surface area contributed by atoms with Crippen LogP contribution in [0.1, 0.15) is 26.2 Å². The van der Waals surface area contributed by atoms with Crippen molar-refractivity contribution in [1.29, 1.82) is 0 Å². The molecule has 1 atom stereocenters. The van der Waals surface area contributed by atoms with Crippen LogP contribution in [0.25, 0.3) is 10.8 Å². The maximum absolute atomic E-state index is 12.3. The zero-order valence-corrected chi connectivity index (χ0v) is 12.6. The van der Waals surface area contributed by atoms with Crippen LogP contribution in [0.3, 0.4) is 0 Å². The van der Waals surface area contributed by atoms with Gasteiger partial charge in [-0.05, 0) is 29.3 Å². The monoisotopic (exact) mass is 297 g/mol. The van der Waals surface area contributed by atoms with Gasteiger partial charge in [0.1, 0.15) is 5.75 Å². The SMILES string of the molecule is CCCCN1C(=O)CC(Oc2ccc3ccccc3c2)C1=O. The summed E-state index contributed by atoms with van der Waals surface area (Å²) in [5.41, 5.74) is 0. The predicted molar refractivity (Wildman–Crippen MR) is 84.6 cm³/mol. The Morgan fingerprint density at radius 1 is 1.14 bits per heavy atom. The summed E-state index contributed by atoms with van der Waals surface area (Å²) in [6, 6.07) is 13.7. The number of imide groups is 1. The van der Waals surface area contributed by atoms with E-state index in [1.165, 1.54) is 4.90 Å². The first-order valence-corrected chi connectivity index (χ1v) is 7.68. The van der Waals surface area contributed by atoms with E-state index >= 15 is 0 Å². The van der Waals surface area contributed by atoms with Gasteiger partial charge < -0.3 is 4.74 Å². The third-order valence-electron chi connectivity index (χ3n) is 3.94. The molecule has 1 fully saturated rings. The van der Waals surface area contributed by atoms with Crippen LogP contribution in [0, 0.1) is 0 Å². The highest BCUT2D eigenvalue weighted by molar-refractivity contribution is 6.05. The number of benzene rings is 2. The fraction of sp³-hybridized carbons (Fsp3) is 0.333. The Bertz CT molecular complexity index is 710. The lowest BCUT2D eigenvalue weighted by atomic mass is 10.1. The van der Waals surface area contributed by atoms with Crippen molar-refractivity contribution < 1.29 is 14.3 Å². The molecule has 114 valence electrons. The summed E-state index contributed by atoms with van der Waals surface area (Å²) in [5, 5.41) is 2.17. The number of nitrogens with zero attached hydrogens (tertiary/aromatic N) is 1. The summed E-state index contributed by atoms with van der Waals surface area (Å²) in [6.07, 6.45) is 1.23. The third-order valence-corrected chi connectivity index (χ3v) is 3.94. The van der Waals surface area contributed by atoms with Crippen molar-refractivity contribution >= 4 is 22.6 Å². The molecule has 0 bridgehead atoms. The molecule has 0 saturated carbocycles. The molecule has 0 N–H and O–H groups in total. The van der Waals surface area contributed by atoms with Crippen LogP contribution < -0.4 is 4.74 Å². The largest absolute Gasteiger partial charge is 0.480 e. The van der Waals surface area contributed by atoms with E-state index in [1.54, 1.807) is 0 Å². The van der Waals surface area contributed by atoms with E-state index in [-0.39, 0.29) is 18.2 Å². The fourth-order valence-corrected chi connectivity index (χ4v) is 2.70. The van der Waals surface area contributed by atoms with Crippen LogP contribution in [-0.4, -0.2) is 29.4 Å². The standard InChI is InChI=1S/C18H19NO3/c1-2-3-10-19-17(20)12-16(18(19)21)22-15-9-8-13-6-4-5-7-14(13)11-15/h4-9,11,16H,2-3,10,12H2,1H3. The lowest BCUT2D eigenvalue weighted by Gasteiger charge is -2.15. The summed E-state index contributed by atoms with van der Waals surface area (Å²) in [6.45, 7) is 2.53. The van der Waals surface area contributed by atoms with Crippen molar-refractivity contribution in [2.75, 3.05) is 6.54 Å². The van der Waals surface area contributed by atoms with Crippen molar-refractivity contribution in [1.82, 2.24) is 4.90 Å². The number of rotatable bonds is 5. The van der Waals surface area contributed by atoms with Crippen LogP contribution >= 0.6 is 0 Å². The molecule has 4 nitrogen and oxygen atoms in total. The van der Waals surface area contributed by atoms with Gasteiger partial charge in [-0.1, -0.05) is 43.7 Å². The molecule has 1 aliphatic heterocycles. The number of carbonyl (C=O) groups excluding carboxylic acids is 2. The molecule has 1 heterocycles. The van der Waals surface area contributed by atoms with Crippen molar-refractivity contribution in [2.45, 2.75) is 32.3 Å². The molecule has 1 unspecified atom stereocenters. The second-order valence-corrected chi connectivity index (χ2v) is 5.56. The Morgan fingerprint density at radius 2 is 1.91 bits per heavy atom. The van der Waals surface area contributed by atoms with Crippen molar-refractivity contribution in [2.24, 2.45) is 0 Å². The van der Waals surface area contributed by atoms with E-state index < -0.39 is 6.10 Å². The molecular weight excluding hydrogens is 278 g/mol. The molecule has 2 amide bonds. The van der Waals surface area contributed by atoms with Gasteiger partial charge in [-0.3, -0.25) is 14.5 Å². The van der Waals surface area contributed by atoms with Crippen LogP contribution in [0.15, 0.2) is 42.5 Å². The zero-order valence-electron chi connectivity index (χ0n) is 12.6. The van der Waals surface area contributed by atoms with Gasteiger partial charge in [-0.15, -0.1) is 0 Å². The number of amides is 2. The van der Waals surface area contributed by atoms with E-state index in [0.717, 1.165) is 23.6 Å². The topological polar surface area (TPSA) is 46.6 Å². The molecular formula is C18H19NO3. The van der Waals surface area contributed by atoms with Crippen molar-refractivity contribution in [3.63, 3.8) is 0 Å². The minimum absolute atomic E-state index is 0.134. The lowest BCUT2D eigenvalue weighted by Crippen LogP contribution is -2.34. The first kappa shape index (κ1) is 14.6. The maximum Gasteiger partial charge on any atom is 0.270 e. The average Bonchev–Trinajstić information content (AvgIpc) is 2.79. The van der Waals surface area contributed by atoms with E-state index in [2.05, 4.69) is 0 Å². The van der Waals surface area contributed by atoms with Gasteiger partial charge in [-0.2, -0.15) is 0 Å². The number of fused-ring (bicyclic) bond motifs is 1. The smallest absolute Gasteiger partial charge is 0.270 e. The van der Waals surface area contributed by atoms with Crippen molar-refractivity contribution in [3.8, 4) is 5.75 Å². The quantitative estimate of drug-likeness (QED) is 0.796. The first-order valence-electron chi connectivity index (χ1n) is 7.68. The van der Waals surface area contributed by atoms with Crippen LogP contribution in [0.5, 0.6) is 5.75 Å². The molecule has 2 aromatic rings. The predicted octanol–water partition coefficient (Wildman–Crippen LogP) is 3.15. The van der Waals surface area contributed by atoms with Crippen LogP contribution in [0.2, 0.25) is 0 Å². The Balaban J connectivity index is 1.74. The van der Waals surface area contributed by atoms with Gasteiger partial charge in [-0.25, -0.2) is 0 Å². The van der Waals surface area contributed by atoms with Gasteiger partial charge in [0.15, 0.2) is 6.10 Å². The molecule has 2 aromatic carbocycles. The van der Waals surface area contributed by atoms with Crippen LogP contribution in [-0.2, 0) is 9.59 Å². The van der Waals surface area contributed by atoms with Crippen molar-refractivity contribution in [3.05, 3.63) is 42.5 Å². The van der Waals surface area contributed by atoms with Gasteiger partial charge in [0, 0.05) is 6.54 Å². The van der Waals surface area contributed by atoms with Gasteiger partial charge >= 0.3 is 0 Å². The summed E-state index contributed by atoms with van der Waals surface area (Å²) in [5.74, 6) is 0.276. The minimum atomic E-state index is -0.689. The van der Waals surface area contributed by atoms with E-state index in [4.69, 9.17) is 4.74 Å². The normalized spacial score (nSPS) is 18.2. The highest BCUT2D eigenvalue weighted by Crippen LogP contribution is 2.24. The molecule has 4 heteroatoms. The second-order valence-electron chi connectivity index (χ2n) is 5.56. The summed E-state index contributed by atoms with van der Waals surface area (Å²) in [4.78, 5) is 25.5. The molecule has 1 saturated heterocycles. The molecule has 22 heavy (non-hydrogen) atoms. The molecule has 0 radical (unpaired) electrons. The molecule has 0 aromatic heterocycles. The second kappa shape index (κ2) is 6.18. The molecule has 0 spiro atoms. The summed E-state index contributed by atoms with van der Waals surface area (Å²) < 4.78 is 5.76. The van der Waals surface area contributed by atoms with Gasteiger partial charge in [0.25, 0.3) is 5.91 Å². The fourth-order valence-electron chi connectivity index (χ4n) is 2.70. The van der Waals surface area contributed by atoms with E-state index in [1.807, 2.05) is 49.4 Å². The Kier molecular flexibility index (Phi) is 4.09. The molecule has 3 rings (SSSR count). The van der Waals surface area contributed by atoms with E-state index in [0.29, 0.717) is 12.3 Å². The highest BCUT2D eigenvalue weighted by Gasteiger charge is 2.39. The van der Waals surface area contributed by atoms with Gasteiger partial charge in [0.2, 0.25) is 5.91 Å². The average molecular weight is 297 g/mol. The Hall–Kier alpha value is -2.36. The Labute approximate surface area is 129 Å². The number of ether oxygens (including phenoxy) is 1. The highest BCUT2D eigenvalue weighted by atomic mass is 16.5. The first-order chi connectivity index (χ1) is 10.7. The number of carbonyl (C=O) groups is 2. The third kappa shape index (κ3) is 2.82. The van der Waals surface area contributed by atoms with E-state index in [9.17, 15) is 9.59 Å². The Morgan fingerprint density at radius 3 is 2.68 bits per heavy atom. The number of unbranched alkanes of at least 4 members (excludes halogenated alkanes) is 1. The van der Waals surface area contributed by atoms with Crippen LogP contribution in [0.4, 0.5) is 0 Å². The minimum Gasteiger partial charge on any atom is -0.480 e. The number of hydrogen-bond donors (Lipinski definition) is 0. The zero-order chi connectivity index (χ0) is 15.5. The van der Waals surface area contributed by atoms with Gasteiger partial charge in [0.05, 0.1) is 6.42 Å². The summed E-state index contributed by atoms with van der Waals surface area (Å²) in [7, 11) is 0. The number of likely N-dealkylation sites (tertiary alicyclic amines) is 1.